The minimum absolute atomic E-state index is 0.242. The number of anilines is 1. The number of amides is 2. The number of aromatic nitrogens is 1. The number of carbonyl (C=O) groups is 2. The van der Waals surface area contributed by atoms with Crippen molar-refractivity contribution in [2.45, 2.75) is 33.1 Å². The number of hydrogen-bond donors (Lipinski definition) is 2. The van der Waals surface area contributed by atoms with Gasteiger partial charge < -0.3 is 10.6 Å². The van der Waals surface area contributed by atoms with Crippen LogP contribution in [-0.2, 0) is 0 Å². The highest BCUT2D eigenvalue weighted by atomic mass is 16.2. The van der Waals surface area contributed by atoms with Crippen molar-refractivity contribution in [3.63, 3.8) is 0 Å². The van der Waals surface area contributed by atoms with Gasteiger partial charge >= 0.3 is 0 Å². The van der Waals surface area contributed by atoms with Gasteiger partial charge in [0.15, 0.2) is 0 Å². The number of rotatable bonds is 6. The molecule has 0 fully saturated rings. The van der Waals surface area contributed by atoms with Crippen LogP contribution in [0.2, 0.25) is 0 Å². The van der Waals surface area contributed by atoms with Crippen LogP contribution in [0.15, 0.2) is 42.6 Å². The Bertz CT molecular complexity index is 709. The Morgan fingerprint density at radius 3 is 2.42 bits per heavy atom. The summed E-state index contributed by atoms with van der Waals surface area (Å²) in [4.78, 5) is 28.3. The maximum absolute atomic E-state index is 12.4. The third kappa shape index (κ3) is 4.65. The van der Waals surface area contributed by atoms with E-state index in [1.165, 1.54) is 17.8 Å². The second-order valence-electron chi connectivity index (χ2n) is 5.92. The van der Waals surface area contributed by atoms with Gasteiger partial charge in [-0.1, -0.05) is 32.9 Å². The summed E-state index contributed by atoms with van der Waals surface area (Å²) < 4.78 is 0. The largest absolute Gasteiger partial charge is 0.351 e. The molecule has 0 bridgehead atoms. The molecule has 2 rings (SSSR count). The van der Waals surface area contributed by atoms with Gasteiger partial charge in [0.05, 0.1) is 0 Å². The fourth-order valence-electron chi connectivity index (χ4n) is 2.18. The van der Waals surface area contributed by atoms with Crippen molar-refractivity contribution in [1.82, 2.24) is 10.3 Å². The average molecular weight is 325 g/mol. The van der Waals surface area contributed by atoms with Gasteiger partial charge in [-0.25, -0.2) is 0 Å². The predicted molar refractivity (Wildman–Crippen MR) is 95.3 cm³/mol. The molecule has 1 aromatic carbocycles. The molecule has 0 unspecified atom stereocenters. The van der Waals surface area contributed by atoms with Crippen LogP contribution in [-0.4, -0.2) is 23.3 Å². The molecule has 1 aromatic heterocycles. The Hall–Kier alpha value is -2.69. The monoisotopic (exact) mass is 325 g/mol. The van der Waals surface area contributed by atoms with Crippen molar-refractivity contribution in [2.24, 2.45) is 0 Å². The van der Waals surface area contributed by atoms with E-state index >= 15 is 0 Å². The van der Waals surface area contributed by atoms with Gasteiger partial charge in [-0.3, -0.25) is 14.6 Å². The standard InChI is InChI=1S/C19H23N3O2/c1-4-10-21-19(24)17-12-15(9-11-20-17)18(23)22-16-7-5-14(6-8-16)13(2)3/h5-9,11-13H,4,10H2,1-3H3,(H,21,24)(H,22,23). The van der Waals surface area contributed by atoms with E-state index in [2.05, 4.69) is 29.5 Å². The molecule has 0 aliphatic carbocycles. The second kappa shape index (κ2) is 8.24. The zero-order valence-corrected chi connectivity index (χ0v) is 14.3. The predicted octanol–water partition coefficient (Wildman–Crippen LogP) is 3.60. The van der Waals surface area contributed by atoms with Crippen LogP contribution in [0, 0.1) is 0 Å². The van der Waals surface area contributed by atoms with Crippen molar-refractivity contribution in [3.05, 3.63) is 59.4 Å². The van der Waals surface area contributed by atoms with Gasteiger partial charge in [-0.15, -0.1) is 0 Å². The number of nitrogens with zero attached hydrogens (tertiary/aromatic N) is 1. The molecule has 0 spiro atoms. The fraction of sp³-hybridized carbons (Fsp3) is 0.316. The molecule has 24 heavy (non-hydrogen) atoms. The summed E-state index contributed by atoms with van der Waals surface area (Å²) in [5.74, 6) is -0.0915. The SMILES string of the molecule is CCCNC(=O)c1cc(C(=O)Nc2ccc(C(C)C)cc2)ccn1. The van der Waals surface area contributed by atoms with E-state index in [4.69, 9.17) is 0 Å². The lowest BCUT2D eigenvalue weighted by atomic mass is 10.0. The average Bonchev–Trinajstić information content (AvgIpc) is 2.60. The van der Waals surface area contributed by atoms with Gasteiger partial charge in [0.1, 0.15) is 5.69 Å². The lowest BCUT2D eigenvalue weighted by Crippen LogP contribution is -2.25. The van der Waals surface area contributed by atoms with Gasteiger partial charge in [0.25, 0.3) is 11.8 Å². The highest BCUT2D eigenvalue weighted by molar-refractivity contribution is 6.05. The minimum Gasteiger partial charge on any atom is -0.351 e. The van der Waals surface area contributed by atoms with E-state index in [1.54, 1.807) is 6.07 Å². The molecule has 2 aromatic rings. The first-order chi connectivity index (χ1) is 11.5. The zero-order chi connectivity index (χ0) is 17.5. The molecule has 0 saturated carbocycles. The molecule has 0 saturated heterocycles. The van der Waals surface area contributed by atoms with Crippen LogP contribution in [0.5, 0.6) is 0 Å². The van der Waals surface area contributed by atoms with Crippen LogP contribution in [0.4, 0.5) is 5.69 Å². The highest BCUT2D eigenvalue weighted by Gasteiger charge is 2.12. The molecule has 0 aliphatic heterocycles. The minimum atomic E-state index is -0.271. The van der Waals surface area contributed by atoms with Crippen LogP contribution in [0.25, 0.3) is 0 Å². The number of hydrogen-bond acceptors (Lipinski definition) is 3. The lowest BCUT2D eigenvalue weighted by Gasteiger charge is -2.09. The van der Waals surface area contributed by atoms with Crippen molar-refractivity contribution >= 4 is 17.5 Å². The molecule has 5 heteroatoms. The molecule has 5 nitrogen and oxygen atoms in total. The Morgan fingerprint density at radius 2 is 1.79 bits per heavy atom. The molecular formula is C19H23N3O2. The quantitative estimate of drug-likeness (QED) is 0.852. The van der Waals surface area contributed by atoms with E-state index < -0.39 is 0 Å². The molecule has 1 heterocycles. The molecule has 0 aliphatic rings. The molecule has 2 amide bonds. The first-order valence-electron chi connectivity index (χ1n) is 8.16. The van der Waals surface area contributed by atoms with E-state index in [0.29, 0.717) is 18.0 Å². The summed E-state index contributed by atoms with van der Waals surface area (Å²) in [6, 6.07) is 10.8. The third-order valence-corrected chi connectivity index (χ3v) is 3.63. The molecule has 2 N–H and O–H groups in total. The number of benzene rings is 1. The number of pyridine rings is 1. The van der Waals surface area contributed by atoms with Gasteiger partial charge in [-0.2, -0.15) is 0 Å². The Morgan fingerprint density at radius 1 is 1.08 bits per heavy atom. The smallest absolute Gasteiger partial charge is 0.269 e. The highest BCUT2D eigenvalue weighted by Crippen LogP contribution is 2.17. The molecule has 126 valence electrons. The van der Waals surface area contributed by atoms with E-state index in [0.717, 1.165) is 12.1 Å². The summed E-state index contributed by atoms with van der Waals surface area (Å²) in [6.45, 7) is 6.80. The lowest BCUT2D eigenvalue weighted by molar-refractivity contribution is 0.0948. The Balaban J connectivity index is 2.08. The van der Waals surface area contributed by atoms with Crippen LogP contribution in [0.3, 0.4) is 0 Å². The summed E-state index contributed by atoms with van der Waals surface area (Å²) in [7, 11) is 0. The molecule has 0 radical (unpaired) electrons. The fourth-order valence-corrected chi connectivity index (χ4v) is 2.18. The molecular weight excluding hydrogens is 302 g/mol. The van der Waals surface area contributed by atoms with Crippen LogP contribution >= 0.6 is 0 Å². The maximum Gasteiger partial charge on any atom is 0.269 e. The van der Waals surface area contributed by atoms with E-state index in [1.807, 2.05) is 31.2 Å². The first kappa shape index (κ1) is 17.7. The second-order valence-corrected chi connectivity index (χ2v) is 5.92. The normalized spacial score (nSPS) is 10.5. The van der Waals surface area contributed by atoms with E-state index in [9.17, 15) is 9.59 Å². The Labute approximate surface area is 142 Å². The van der Waals surface area contributed by atoms with Crippen molar-refractivity contribution < 1.29 is 9.59 Å². The van der Waals surface area contributed by atoms with Gasteiger partial charge in [0, 0.05) is 24.0 Å². The Kier molecular flexibility index (Phi) is 6.07. The summed E-state index contributed by atoms with van der Waals surface area (Å²) in [6.07, 6.45) is 2.32. The summed E-state index contributed by atoms with van der Waals surface area (Å²) >= 11 is 0. The summed E-state index contributed by atoms with van der Waals surface area (Å²) in [5, 5.41) is 5.58. The number of carbonyl (C=O) groups excluding carboxylic acids is 2. The first-order valence-corrected chi connectivity index (χ1v) is 8.16. The topological polar surface area (TPSA) is 71.1 Å². The van der Waals surface area contributed by atoms with Crippen molar-refractivity contribution in [3.8, 4) is 0 Å². The summed E-state index contributed by atoms with van der Waals surface area (Å²) in [5.41, 5.74) is 2.58. The molecule has 0 atom stereocenters. The zero-order valence-electron chi connectivity index (χ0n) is 14.3. The van der Waals surface area contributed by atoms with E-state index in [-0.39, 0.29) is 17.5 Å². The number of nitrogens with one attached hydrogen (secondary N) is 2. The van der Waals surface area contributed by atoms with Crippen LogP contribution in [0.1, 0.15) is 59.5 Å². The van der Waals surface area contributed by atoms with Crippen LogP contribution < -0.4 is 10.6 Å². The van der Waals surface area contributed by atoms with Crippen molar-refractivity contribution in [1.29, 1.82) is 0 Å². The van der Waals surface area contributed by atoms with Gasteiger partial charge in [0.2, 0.25) is 0 Å². The maximum atomic E-state index is 12.4. The van der Waals surface area contributed by atoms with Gasteiger partial charge in [-0.05, 0) is 42.2 Å². The van der Waals surface area contributed by atoms with Crippen molar-refractivity contribution in [2.75, 3.05) is 11.9 Å². The third-order valence-electron chi connectivity index (χ3n) is 3.63.